The molecule has 1 aliphatic heterocycles. The molecule has 2 rings (SSSR count). The Hall–Kier alpha value is -1.59. The van der Waals surface area contributed by atoms with Crippen molar-refractivity contribution >= 4 is 11.6 Å². The Morgan fingerprint density at radius 2 is 2.10 bits per heavy atom. The van der Waals surface area contributed by atoms with Crippen LogP contribution in [0.25, 0.3) is 0 Å². The highest BCUT2D eigenvalue weighted by atomic mass is 16.1. The zero-order chi connectivity index (χ0) is 15.2. The van der Waals surface area contributed by atoms with Crippen LogP contribution in [-0.2, 0) is 0 Å². The number of carbonyl (C=O) groups is 1. The molecule has 116 valence electrons. The van der Waals surface area contributed by atoms with Crippen molar-refractivity contribution in [2.45, 2.75) is 26.7 Å². The van der Waals surface area contributed by atoms with Gasteiger partial charge in [-0.15, -0.1) is 0 Å². The van der Waals surface area contributed by atoms with Crippen molar-refractivity contribution in [2.24, 2.45) is 11.8 Å². The van der Waals surface area contributed by atoms with E-state index in [-0.39, 0.29) is 5.91 Å². The highest BCUT2D eigenvalue weighted by molar-refractivity contribution is 5.96. The summed E-state index contributed by atoms with van der Waals surface area (Å²) in [4.78, 5) is 14.7. The van der Waals surface area contributed by atoms with Crippen molar-refractivity contribution in [1.29, 1.82) is 0 Å². The lowest BCUT2D eigenvalue weighted by Crippen LogP contribution is -2.34. The topological polar surface area (TPSA) is 70.4 Å². The van der Waals surface area contributed by atoms with Gasteiger partial charge in [-0.05, 0) is 62.5 Å². The van der Waals surface area contributed by atoms with Gasteiger partial charge in [-0.3, -0.25) is 10.6 Å². The van der Waals surface area contributed by atoms with Gasteiger partial charge in [0.15, 0.2) is 0 Å². The Morgan fingerprint density at radius 1 is 1.38 bits per heavy atom. The predicted molar refractivity (Wildman–Crippen MR) is 86.2 cm³/mol. The Balaban J connectivity index is 1.83. The molecular weight excluding hydrogens is 264 g/mol. The van der Waals surface area contributed by atoms with Gasteiger partial charge in [0, 0.05) is 24.3 Å². The highest BCUT2D eigenvalue weighted by Crippen LogP contribution is 2.14. The van der Waals surface area contributed by atoms with E-state index < -0.39 is 0 Å². The number of nitrogens with two attached hydrogens (primary N) is 1. The Morgan fingerprint density at radius 3 is 2.71 bits per heavy atom. The number of nitrogen functional groups attached to an aromatic ring is 1. The van der Waals surface area contributed by atoms with Crippen LogP contribution in [0, 0.1) is 12.8 Å². The molecule has 0 spiro atoms. The van der Waals surface area contributed by atoms with Crippen LogP contribution in [-0.4, -0.2) is 37.0 Å². The second-order valence-corrected chi connectivity index (χ2v) is 6.00. The second-order valence-electron chi connectivity index (χ2n) is 6.00. The van der Waals surface area contributed by atoms with Gasteiger partial charge in [0.1, 0.15) is 0 Å². The number of hydrogen-bond donors (Lipinski definition) is 3. The summed E-state index contributed by atoms with van der Waals surface area (Å²) in [5.74, 6) is 5.83. The van der Waals surface area contributed by atoms with Gasteiger partial charge in [0.2, 0.25) is 0 Å². The molecule has 0 saturated carbocycles. The fourth-order valence-corrected chi connectivity index (χ4v) is 2.84. The number of rotatable bonds is 6. The van der Waals surface area contributed by atoms with Crippen molar-refractivity contribution in [3.05, 3.63) is 29.3 Å². The third kappa shape index (κ3) is 4.44. The largest absolute Gasteiger partial charge is 0.352 e. The van der Waals surface area contributed by atoms with E-state index >= 15 is 0 Å². The fourth-order valence-electron chi connectivity index (χ4n) is 2.84. The van der Waals surface area contributed by atoms with E-state index in [1.165, 1.54) is 25.9 Å². The van der Waals surface area contributed by atoms with E-state index in [1.54, 1.807) is 0 Å². The number of hydrazine groups is 1. The average molecular weight is 290 g/mol. The molecule has 1 amide bonds. The second kappa shape index (κ2) is 7.43. The summed E-state index contributed by atoms with van der Waals surface area (Å²) in [7, 11) is 0. The first-order chi connectivity index (χ1) is 10.1. The molecule has 0 aliphatic carbocycles. The van der Waals surface area contributed by atoms with Gasteiger partial charge < -0.3 is 15.6 Å². The summed E-state index contributed by atoms with van der Waals surface area (Å²) in [5.41, 5.74) is 5.04. The summed E-state index contributed by atoms with van der Waals surface area (Å²) in [6, 6.07) is 5.50. The van der Waals surface area contributed by atoms with Gasteiger partial charge >= 0.3 is 0 Å². The lowest BCUT2D eigenvalue weighted by Gasteiger charge is -2.20. The molecule has 1 unspecified atom stereocenters. The molecule has 5 heteroatoms. The van der Waals surface area contributed by atoms with Crippen molar-refractivity contribution in [2.75, 3.05) is 31.6 Å². The van der Waals surface area contributed by atoms with E-state index in [4.69, 9.17) is 5.84 Å². The van der Waals surface area contributed by atoms with E-state index in [2.05, 4.69) is 22.6 Å². The van der Waals surface area contributed by atoms with Crippen molar-refractivity contribution < 1.29 is 4.79 Å². The molecule has 1 aliphatic rings. The summed E-state index contributed by atoms with van der Waals surface area (Å²) in [5, 5.41) is 3.03. The number of hydrogen-bond acceptors (Lipinski definition) is 4. The molecule has 5 nitrogen and oxygen atoms in total. The minimum absolute atomic E-state index is 0.00987. The Bertz CT molecular complexity index is 483. The summed E-state index contributed by atoms with van der Waals surface area (Å²) in [6.45, 7) is 8.28. The Kier molecular flexibility index (Phi) is 5.59. The van der Waals surface area contributed by atoms with Crippen LogP contribution in [0.5, 0.6) is 0 Å². The smallest absolute Gasteiger partial charge is 0.251 e. The third-order valence-electron chi connectivity index (χ3n) is 4.02. The zero-order valence-electron chi connectivity index (χ0n) is 13.0. The van der Waals surface area contributed by atoms with E-state index in [0.717, 1.165) is 17.8 Å². The number of amides is 1. The number of carbonyl (C=O) groups excluding carboxylic acids is 1. The maximum Gasteiger partial charge on any atom is 0.251 e. The fraction of sp³-hybridized carbons (Fsp3) is 0.562. The number of nitrogens with one attached hydrogen (secondary N) is 2. The minimum Gasteiger partial charge on any atom is -0.352 e. The SMILES string of the molecule is Cc1cc(NN)ccc1C(=O)NCC(C)CN1CCCC1. The molecule has 1 heterocycles. The van der Waals surface area contributed by atoms with Crippen LogP contribution in [0.3, 0.4) is 0 Å². The molecule has 0 radical (unpaired) electrons. The van der Waals surface area contributed by atoms with Gasteiger partial charge in [0.25, 0.3) is 5.91 Å². The summed E-state index contributed by atoms with van der Waals surface area (Å²) < 4.78 is 0. The van der Waals surface area contributed by atoms with Crippen molar-refractivity contribution in [3.63, 3.8) is 0 Å². The molecule has 0 aromatic heterocycles. The molecule has 1 fully saturated rings. The average Bonchev–Trinajstić information content (AvgIpc) is 2.97. The van der Waals surface area contributed by atoms with Crippen molar-refractivity contribution in [1.82, 2.24) is 10.2 Å². The van der Waals surface area contributed by atoms with Gasteiger partial charge in [-0.2, -0.15) is 0 Å². The van der Waals surface area contributed by atoms with Crippen molar-refractivity contribution in [3.8, 4) is 0 Å². The first-order valence-corrected chi connectivity index (χ1v) is 7.68. The van der Waals surface area contributed by atoms with Gasteiger partial charge in [0.05, 0.1) is 0 Å². The molecular formula is C16H26N4O. The number of likely N-dealkylation sites (tertiary alicyclic amines) is 1. The number of nitrogens with zero attached hydrogens (tertiary/aromatic N) is 1. The van der Waals surface area contributed by atoms with E-state index in [1.807, 2.05) is 25.1 Å². The molecule has 21 heavy (non-hydrogen) atoms. The van der Waals surface area contributed by atoms with Crippen LogP contribution in [0.1, 0.15) is 35.7 Å². The van der Waals surface area contributed by atoms with Crippen LogP contribution in [0.2, 0.25) is 0 Å². The van der Waals surface area contributed by atoms with E-state index in [9.17, 15) is 4.79 Å². The standard InChI is InChI=1S/C16H26N4O/c1-12(11-20-7-3-4-8-20)10-18-16(21)15-6-5-14(19-17)9-13(15)2/h5-6,9,12,19H,3-4,7-8,10-11,17H2,1-2H3,(H,18,21). The zero-order valence-corrected chi connectivity index (χ0v) is 13.0. The third-order valence-corrected chi connectivity index (χ3v) is 4.02. The minimum atomic E-state index is -0.00987. The van der Waals surface area contributed by atoms with E-state index in [0.29, 0.717) is 18.0 Å². The number of anilines is 1. The van der Waals surface area contributed by atoms with Crippen LogP contribution < -0.4 is 16.6 Å². The molecule has 1 aromatic rings. The highest BCUT2D eigenvalue weighted by Gasteiger charge is 2.16. The summed E-state index contributed by atoms with van der Waals surface area (Å²) >= 11 is 0. The van der Waals surface area contributed by atoms with Gasteiger partial charge in [-0.1, -0.05) is 6.92 Å². The maximum atomic E-state index is 12.2. The summed E-state index contributed by atoms with van der Waals surface area (Å²) in [6.07, 6.45) is 2.61. The molecule has 4 N–H and O–H groups in total. The quantitative estimate of drug-likeness (QED) is 0.551. The molecule has 1 saturated heterocycles. The molecule has 1 atom stereocenters. The maximum absolute atomic E-state index is 12.2. The van der Waals surface area contributed by atoms with Crippen LogP contribution >= 0.6 is 0 Å². The molecule has 1 aromatic carbocycles. The van der Waals surface area contributed by atoms with Gasteiger partial charge in [-0.25, -0.2) is 0 Å². The monoisotopic (exact) mass is 290 g/mol. The lowest BCUT2D eigenvalue weighted by molar-refractivity contribution is 0.0944. The number of aryl methyl sites for hydroxylation is 1. The number of benzene rings is 1. The normalized spacial score (nSPS) is 16.7. The lowest BCUT2D eigenvalue weighted by atomic mass is 10.1. The van der Waals surface area contributed by atoms with Crippen LogP contribution in [0.4, 0.5) is 5.69 Å². The van der Waals surface area contributed by atoms with Crippen LogP contribution in [0.15, 0.2) is 18.2 Å². The first kappa shape index (κ1) is 15.8. The first-order valence-electron chi connectivity index (χ1n) is 7.68. The predicted octanol–water partition coefficient (Wildman–Crippen LogP) is 1.74. The Labute approximate surface area is 126 Å². The molecule has 0 bridgehead atoms.